The molecule has 6 nitrogen and oxygen atoms in total. The number of rotatable bonds is 6. The van der Waals surface area contributed by atoms with Gasteiger partial charge < -0.3 is 14.5 Å². The van der Waals surface area contributed by atoms with Crippen molar-refractivity contribution < 1.29 is 86.8 Å². The summed E-state index contributed by atoms with van der Waals surface area (Å²) < 4.78 is 32.6. The molecule has 0 aromatic heterocycles. The van der Waals surface area contributed by atoms with Gasteiger partial charge in [-0.25, -0.2) is 8.42 Å². The Balaban J connectivity index is 0. The van der Waals surface area contributed by atoms with Crippen molar-refractivity contribution in [3.63, 3.8) is 0 Å². The van der Waals surface area contributed by atoms with Gasteiger partial charge in [-0.2, -0.15) is 0 Å². The Morgan fingerprint density at radius 1 is 1.10 bits per heavy atom. The third-order valence-electron chi connectivity index (χ3n) is 3.27. The number of carbonyl (C=O) groups is 2. The molecule has 104 valence electrons. The molecule has 1 aliphatic carbocycles. The number of ketones is 1. The van der Waals surface area contributed by atoms with Crippen LogP contribution in [0, 0.1) is 5.92 Å². The van der Waals surface area contributed by atoms with E-state index >= 15 is 0 Å². The van der Waals surface area contributed by atoms with Gasteiger partial charge in [0.05, 0.1) is 0 Å². The van der Waals surface area contributed by atoms with Gasteiger partial charge in [-0.15, -0.1) is 0 Å². The first kappa shape index (κ1) is 23.3. The molecule has 0 spiro atoms. The van der Waals surface area contributed by atoms with E-state index in [2.05, 4.69) is 0 Å². The van der Waals surface area contributed by atoms with E-state index in [1.807, 2.05) is 0 Å². The summed E-state index contributed by atoms with van der Waals surface area (Å²) in [6.45, 7) is 0. The number of hydrogen-bond acceptors (Lipinski definition) is 6. The molecule has 1 unspecified atom stereocenters. The maximum atomic E-state index is 11.7. The van der Waals surface area contributed by atoms with Gasteiger partial charge in [0.15, 0.2) is 0 Å². The molecule has 1 atom stereocenters. The molecule has 1 rings (SSSR count). The summed E-state index contributed by atoms with van der Waals surface area (Å²) in [6.07, 6.45) is 3.62. The zero-order valence-electron chi connectivity index (χ0n) is 12.0. The molecule has 1 saturated carbocycles. The van der Waals surface area contributed by atoms with Gasteiger partial charge in [0.25, 0.3) is 0 Å². The zero-order valence-corrected chi connectivity index (χ0v) is 16.8. The van der Waals surface area contributed by atoms with Crippen LogP contribution in [0.4, 0.5) is 0 Å². The van der Waals surface area contributed by atoms with Crippen LogP contribution in [-0.2, 0) is 19.7 Å². The van der Waals surface area contributed by atoms with Crippen LogP contribution in [0.25, 0.3) is 0 Å². The van der Waals surface area contributed by atoms with E-state index in [0.717, 1.165) is 32.1 Å². The smallest absolute Gasteiger partial charge is 0.747 e. The third-order valence-corrected chi connectivity index (χ3v) is 4.40. The molecule has 0 aromatic rings. The van der Waals surface area contributed by atoms with Crippen molar-refractivity contribution in [2.75, 3.05) is 0 Å². The molecule has 0 bridgehead atoms. The predicted molar refractivity (Wildman–Crippen MR) is 59.3 cm³/mol. The Hall–Kier alpha value is 1.05. The number of hydrogen-bond donors (Lipinski definition) is 0. The molecule has 1 fully saturated rings. The van der Waals surface area contributed by atoms with Crippen LogP contribution in [-0.4, -0.2) is 30.0 Å². The largest absolute Gasteiger partial charge is 1.00 e. The van der Waals surface area contributed by atoms with E-state index in [4.69, 9.17) is 0 Å². The van der Waals surface area contributed by atoms with Crippen molar-refractivity contribution in [1.29, 1.82) is 0 Å². The fraction of sp³-hybridized carbons (Fsp3) is 0.818. The Bertz CT molecular complexity index is 417. The predicted octanol–water partition coefficient (Wildman–Crippen LogP) is -6.41. The monoisotopic (exact) mass is 322 g/mol. The molecule has 0 radical (unpaired) electrons. The number of aliphatic carboxylic acids is 1. The molecule has 9 heteroatoms. The van der Waals surface area contributed by atoms with E-state index in [1.54, 1.807) is 0 Å². The first-order valence-electron chi connectivity index (χ1n) is 5.98. The number of carboxylic acid groups (broad SMARTS) is 1. The van der Waals surface area contributed by atoms with Crippen LogP contribution in [0.3, 0.4) is 0 Å². The molecule has 0 heterocycles. The van der Waals surface area contributed by atoms with Gasteiger partial charge in [-0.05, 0) is 5.92 Å². The molecule has 0 amide bonds. The molecule has 0 aliphatic heterocycles. The Morgan fingerprint density at radius 2 is 1.60 bits per heavy atom. The molecular weight excluding hydrogens is 306 g/mol. The molecule has 1 aliphatic rings. The van der Waals surface area contributed by atoms with Crippen LogP contribution in [0.5, 0.6) is 0 Å². The van der Waals surface area contributed by atoms with Gasteiger partial charge in [-0.1, -0.05) is 32.1 Å². The third kappa shape index (κ3) is 8.48. The Kier molecular flexibility index (Phi) is 12.5. The van der Waals surface area contributed by atoms with Crippen LogP contribution < -0.4 is 64.2 Å². The zero-order chi connectivity index (χ0) is 13.8. The van der Waals surface area contributed by atoms with Gasteiger partial charge in [0.1, 0.15) is 21.2 Å². The standard InChI is InChI=1S/C11H18O6S.2Na/c12-9(6-8-4-2-1-3-5-8)10(7-11(13)14)18(15,16)17;;/h8,10H,1-7H2,(H,13,14)(H,15,16,17);;/q;2*+1/p-2. The SMILES string of the molecule is O=C([O-])CC(C(=O)CC1CCCCC1)S(=O)(=O)[O-].[Na+].[Na+]. The summed E-state index contributed by atoms with van der Waals surface area (Å²) in [6, 6.07) is 0. The molecule has 0 N–H and O–H groups in total. The summed E-state index contributed by atoms with van der Waals surface area (Å²) in [5.41, 5.74) is 0. The van der Waals surface area contributed by atoms with E-state index < -0.39 is 33.5 Å². The van der Waals surface area contributed by atoms with E-state index in [0.29, 0.717) is 0 Å². The average Bonchev–Trinajstić information content (AvgIpc) is 2.25. The topological polar surface area (TPSA) is 114 Å². The minimum atomic E-state index is -4.93. The van der Waals surface area contributed by atoms with Gasteiger partial charge >= 0.3 is 59.1 Å². The average molecular weight is 322 g/mol. The molecular formula is C11H16Na2O6S. The number of carbonyl (C=O) groups excluding carboxylic acids is 2. The second kappa shape index (κ2) is 10.7. The van der Waals surface area contributed by atoms with Gasteiger partial charge in [-0.3, -0.25) is 4.79 Å². The second-order valence-electron chi connectivity index (χ2n) is 4.73. The summed E-state index contributed by atoms with van der Waals surface area (Å²) in [4.78, 5) is 22.1. The maximum Gasteiger partial charge on any atom is 1.00 e. The van der Waals surface area contributed by atoms with Crippen LogP contribution in [0.15, 0.2) is 0 Å². The van der Waals surface area contributed by atoms with E-state index in [9.17, 15) is 27.7 Å². The second-order valence-corrected chi connectivity index (χ2v) is 6.29. The van der Waals surface area contributed by atoms with Gasteiger partial charge in [0.2, 0.25) is 0 Å². The summed E-state index contributed by atoms with van der Waals surface area (Å²) in [5.74, 6) is -2.42. The maximum absolute atomic E-state index is 11.7. The molecule has 0 saturated heterocycles. The number of Topliss-reactive ketones (excluding diaryl/α,β-unsaturated/α-hetero) is 1. The fourth-order valence-corrected chi connectivity index (χ4v) is 3.09. The quantitative estimate of drug-likeness (QED) is 0.355. The van der Waals surface area contributed by atoms with E-state index in [1.165, 1.54) is 0 Å². The first-order chi connectivity index (χ1) is 8.30. The fourth-order valence-electron chi connectivity index (χ4n) is 2.34. The summed E-state index contributed by atoms with van der Waals surface area (Å²) in [5, 5.41) is 8.39. The van der Waals surface area contributed by atoms with E-state index in [-0.39, 0.29) is 71.5 Å². The van der Waals surface area contributed by atoms with Crippen LogP contribution in [0.1, 0.15) is 44.9 Å². The normalized spacial score (nSPS) is 17.4. The molecule has 20 heavy (non-hydrogen) atoms. The molecule has 0 aromatic carbocycles. The Labute approximate surface area is 163 Å². The van der Waals surface area contributed by atoms with Crippen LogP contribution in [0.2, 0.25) is 0 Å². The number of carboxylic acids is 1. The van der Waals surface area contributed by atoms with Crippen LogP contribution >= 0.6 is 0 Å². The minimum absolute atomic E-state index is 0. The van der Waals surface area contributed by atoms with Crippen molar-refractivity contribution in [2.45, 2.75) is 50.2 Å². The van der Waals surface area contributed by atoms with Crippen molar-refractivity contribution in [3.8, 4) is 0 Å². The Morgan fingerprint density at radius 3 is 2.00 bits per heavy atom. The van der Waals surface area contributed by atoms with Crippen molar-refractivity contribution >= 4 is 21.9 Å². The minimum Gasteiger partial charge on any atom is -0.747 e. The van der Waals surface area contributed by atoms with Crippen molar-refractivity contribution in [1.82, 2.24) is 0 Å². The van der Waals surface area contributed by atoms with Crippen molar-refractivity contribution in [3.05, 3.63) is 0 Å². The van der Waals surface area contributed by atoms with Crippen molar-refractivity contribution in [2.24, 2.45) is 5.92 Å². The first-order valence-corrected chi connectivity index (χ1v) is 7.45. The summed E-state index contributed by atoms with van der Waals surface area (Å²) >= 11 is 0. The van der Waals surface area contributed by atoms with Gasteiger partial charge in [0, 0.05) is 18.8 Å². The summed E-state index contributed by atoms with van der Waals surface area (Å²) in [7, 11) is -4.93.